The van der Waals surface area contributed by atoms with Gasteiger partial charge in [-0.05, 0) is 6.07 Å². The molecule has 7 heteroatoms. The number of nitrogens with zero attached hydrogens (tertiary/aromatic N) is 4. The summed E-state index contributed by atoms with van der Waals surface area (Å²) in [6.45, 7) is -0.245. The Labute approximate surface area is 85.0 Å². The molecular weight excluding hydrogens is 198 g/mol. The van der Waals surface area contributed by atoms with Crippen LogP contribution in [-0.2, 0) is 0 Å². The zero-order valence-corrected chi connectivity index (χ0v) is 7.74. The van der Waals surface area contributed by atoms with Crippen molar-refractivity contribution in [2.75, 3.05) is 6.61 Å². The van der Waals surface area contributed by atoms with Crippen molar-refractivity contribution in [3.05, 3.63) is 24.5 Å². The normalized spacial score (nSPS) is 12.7. The first-order valence-electron chi connectivity index (χ1n) is 4.27. The molecule has 2 rings (SSSR count). The van der Waals surface area contributed by atoms with E-state index in [0.717, 1.165) is 0 Å². The van der Waals surface area contributed by atoms with Gasteiger partial charge in [0, 0.05) is 6.20 Å². The molecule has 2 heterocycles. The van der Waals surface area contributed by atoms with Gasteiger partial charge in [0.15, 0.2) is 0 Å². The Hall–Kier alpha value is -1.86. The fraction of sp³-hybridized carbons (Fsp3) is 0.250. The Morgan fingerprint density at radius 3 is 3.07 bits per heavy atom. The van der Waals surface area contributed by atoms with E-state index in [1.54, 1.807) is 12.3 Å². The molecule has 0 bridgehead atoms. The molecule has 0 aliphatic rings. The lowest BCUT2D eigenvalue weighted by Gasteiger charge is -1.98. The van der Waals surface area contributed by atoms with Gasteiger partial charge in [0.2, 0.25) is 11.7 Å². The monoisotopic (exact) mass is 207 g/mol. The SMILES string of the molecule is N[C@H](CO)c1nc(-c2ccncn2)no1. The number of hydrogen-bond acceptors (Lipinski definition) is 7. The highest BCUT2D eigenvalue weighted by Crippen LogP contribution is 2.14. The zero-order chi connectivity index (χ0) is 10.7. The van der Waals surface area contributed by atoms with Crippen LogP contribution in [0.2, 0.25) is 0 Å². The van der Waals surface area contributed by atoms with Crippen LogP contribution >= 0.6 is 0 Å². The van der Waals surface area contributed by atoms with Crippen molar-refractivity contribution in [2.24, 2.45) is 5.73 Å². The highest BCUT2D eigenvalue weighted by Gasteiger charge is 2.14. The molecule has 0 saturated carbocycles. The molecule has 0 saturated heterocycles. The summed E-state index contributed by atoms with van der Waals surface area (Å²) in [4.78, 5) is 11.7. The number of aliphatic hydroxyl groups is 1. The van der Waals surface area contributed by atoms with Gasteiger partial charge in [-0.2, -0.15) is 4.98 Å². The van der Waals surface area contributed by atoms with Crippen LogP contribution in [-0.4, -0.2) is 31.8 Å². The van der Waals surface area contributed by atoms with Crippen molar-refractivity contribution >= 4 is 0 Å². The molecule has 2 aromatic heterocycles. The fourth-order valence-electron chi connectivity index (χ4n) is 0.991. The van der Waals surface area contributed by atoms with E-state index in [-0.39, 0.29) is 12.5 Å². The van der Waals surface area contributed by atoms with Crippen molar-refractivity contribution in [2.45, 2.75) is 6.04 Å². The van der Waals surface area contributed by atoms with E-state index in [1.165, 1.54) is 6.33 Å². The van der Waals surface area contributed by atoms with E-state index in [4.69, 9.17) is 15.4 Å². The van der Waals surface area contributed by atoms with Crippen molar-refractivity contribution < 1.29 is 9.63 Å². The van der Waals surface area contributed by atoms with Crippen LogP contribution in [0, 0.1) is 0 Å². The zero-order valence-electron chi connectivity index (χ0n) is 7.74. The Morgan fingerprint density at radius 2 is 2.40 bits per heavy atom. The van der Waals surface area contributed by atoms with Crippen LogP contribution in [0.5, 0.6) is 0 Å². The van der Waals surface area contributed by atoms with Crippen LogP contribution in [0.15, 0.2) is 23.1 Å². The lowest BCUT2D eigenvalue weighted by molar-refractivity contribution is 0.237. The molecule has 2 aromatic rings. The molecular formula is C8H9N5O2. The van der Waals surface area contributed by atoms with Crippen LogP contribution in [0.1, 0.15) is 11.9 Å². The van der Waals surface area contributed by atoms with Gasteiger partial charge in [0.25, 0.3) is 0 Å². The number of rotatable bonds is 3. The average Bonchev–Trinajstić information content (AvgIpc) is 2.78. The molecule has 15 heavy (non-hydrogen) atoms. The molecule has 0 aliphatic carbocycles. The van der Waals surface area contributed by atoms with Gasteiger partial charge in [-0.1, -0.05) is 5.16 Å². The molecule has 0 spiro atoms. The van der Waals surface area contributed by atoms with E-state index in [2.05, 4.69) is 20.1 Å². The maximum absolute atomic E-state index is 8.79. The van der Waals surface area contributed by atoms with Gasteiger partial charge >= 0.3 is 0 Å². The molecule has 0 fully saturated rings. The molecule has 0 aromatic carbocycles. The lowest BCUT2D eigenvalue weighted by Crippen LogP contribution is -2.14. The maximum Gasteiger partial charge on any atom is 0.246 e. The quantitative estimate of drug-likeness (QED) is 0.699. The van der Waals surface area contributed by atoms with Crippen molar-refractivity contribution in [3.8, 4) is 11.5 Å². The summed E-state index contributed by atoms with van der Waals surface area (Å²) in [6, 6.07) is 0.993. The maximum atomic E-state index is 8.79. The highest BCUT2D eigenvalue weighted by molar-refractivity contribution is 5.46. The predicted octanol–water partition coefficient (Wildman–Crippen LogP) is -0.481. The summed E-state index contributed by atoms with van der Waals surface area (Å²) in [5.74, 6) is 0.516. The second kappa shape index (κ2) is 4.11. The molecule has 0 radical (unpaired) electrons. The molecule has 0 aliphatic heterocycles. The molecule has 0 amide bonds. The van der Waals surface area contributed by atoms with Crippen molar-refractivity contribution in [3.63, 3.8) is 0 Å². The van der Waals surface area contributed by atoms with Gasteiger partial charge in [0.05, 0.1) is 6.61 Å². The van der Waals surface area contributed by atoms with Crippen LogP contribution < -0.4 is 5.73 Å². The first-order chi connectivity index (χ1) is 7.31. The number of aliphatic hydroxyl groups excluding tert-OH is 1. The lowest BCUT2D eigenvalue weighted by atomic mass is 10.3. The Balaban J connectivity index is 2.28. The molecule has 3 N–H and O–H groups in total. The molecule has 0 unspecified atom stereocenters. The number of nitrogens with two attached hydrogens (primary N) is 1. The first kappa shape index (κ1) is 9.69. The van der Waals surface area contributed by atoms with Gasteiger partial charge in [0.1, 0.15) is 18.1 Å². The Bertz CT molecular complexity index is 430. The van der Waals surface area contributed by atoms with Gasteiger partial charge in [-0.25, -0.2) is 9.97 Å². The topological polar surface area (TPSA) is 111 Å². The summed E-state index contributed by atoms with van der Waals surface area (Å²) in [5, 5.41) is 12.5. The standard InChI is InChI=1S/C8H9N5O2/c9-5(3-14)8-12-7(13-15-8)6-1-2-10-4-11-6/h1-2,4-5,14H,3,9H2/t5-/m1/s1. The molecule has 1 atom stereocenters. The summed E-state index contributed by atoms with van der Waals surface area (Å²) < 4.78 is 4.87. The first-order valence-corrected chi connectivity index (χ1v) is 4.27. The van der Waals surface area contributed by atoms with Gasteiger partial charge in [-0.3, -0.25) is 0 Å². The van der Waals surface area contributed by atoms with Gasteiger partial charge in [-0.15, -0.1) is 0 Å². The number of aromatic nitrogens is 4. The van der Waals surface area contributed by atoms with Crippen LogP contribution in [0.25, 0.3) is 11.5 Å². The molecule has 7 nitrogen and oxygen atoms in total. The molecule has 78 valence electrons. The third-order valence-electron chi connectivity index (χ3n) is 1.77. The van der Waals surface area contributed by atoms with E-state index in [0.29, 0.717) is 11.5 Å². The smallest absolute Gasteiger partial charge is 0.246 e. The third kappa shape index (κ3) is 1.97. The van der Waals surface area contributed by atoms with Crippen molar-refractivity contribution in [1.29, 1.82) is 0 Å². The van der Waals surface area contributed by atoms with E-state index in [1.807, 2.05) is 0 Å². The minimum Gasteiger partial charge on any atom is -0.394 e. The largest absolute Gasteiger partial charge is 0.394 e. The van der Waals surface area contributed by atoms with E-state index < -0.39 is 6.04 Å². The summed E-state index contributed by atoms with van der Waals surface area (Å²) in [5.41, 5.74) is 6.05. The Kier molecular flexibility index (Phi) is 2.66. The van der Waals surface area contributed by atoms with Gasteiger partial charge < -0.3 is 15.4 Å². The average molecular weight is 207 g/mol. The predicted molar refractivity (Wildman–Crippen MR) is 49.3 cm³/mol. The summed E-state index contributed by atoms with van der Waals surface area (Å²) >= 11 is 0. The third-order valence-corrected chi connectivity index (χ3v) is 1.77. The number of hydrogen-bond donors (Lipinski definition) is 2. The minimum atomic E-state index is -0.659. The summed E-state index contributed by atoms with van der Waals surface area (Å²) in [7, 11) is 0. The summed E-state index contributed by atoms with van der Waals surface area (Å²) in [6.07, 6.45) is 2.96. The second-order valence-electron chi connectivity index (χ2n) is 2.84. The highest BCUT2D eigenvalue weighted by atomic mass is 16.5. The van der Waals surface area contributed by atoms with Crippen LogP contribution in [0.3, 0.4) is 0 Å². The van der Waals surface area contributed by atoms with Crippen molar-refractivity contribution in [1.82, 2.24) is 20.1 Å². The van der Waals surface area contributed by atoms with E-state index >= 15 is 0 Å². The van der Waals surface area contributed by atoms with E-state index in [9.17, 15) is 0 Å². The van der Waals surface area contributed by atoms with Crippen LogP contribution in [0.4, 0.5) is 0 Å². The minimum absolute atomic E-state index is 0.186. The fourth-order valence-corrected chi connectivity index (χ4v) is 0.991. The Morgan fingerprint density at radius 1 is 1.53 bits per heavy atom. The second-order valence-corrected chi connectivity index (χ2v) is 2.84.